The number of amides is 1. The highest BCUT2D eigenvalue weighted by Gasteiger charge is 2.34. The van der Waals surface area contributed by atoms with Gasteiger partial charge in [0.1, 0.15) is 11.8 Å². The minimum Gasteiger partial charge on any atom is -0.504 e. The fraction of sp³-hybridized carbons (Fsp3) is 0.190. The number of carbonyl (C=O) groups excluding carboxylic acids is 1. The number of phenols is 2. The fourth-order valence-electron chi connectivity index (χ4n) is 3.40. The molecule has 1 aliphatic rings. The second kappa shape index (κ2) is 8.23. The number of phenolic OH excluding ortho intramolecular Hbond substituents is 2. The first-order valence-corrected chi connectivity index (χ1v) is 10.6. The molecule has 1 aliphatic heterocycles. The molecule has 1 amide bonds. The van der Waals surface area contributed by atoms with E-state index >= 15 is 0 Å². The van der Waals surface area contributed by atoms with E-state index < -0.39 is 6.04 Å². The van der Waals surface area contributed by atoms with Crippen molar-refractivity contribution in [3.05, 3.63) is 59.3 Å². The number of ether oxygens (including phenoxy) is 1. The van der Waals surface area contributed by atoms with Gasteiger partial charge in [0.25, 0.3) is 5.91 Å². The number of fused-ring (bicyclic) bond motifs is 1. The third kappa shape index (κ3) is 3.89. The standard InChI is InChI=1S/C21H21N5O4S/c1-11-17(19(29)23-13-5-7-14(30-2)8-6-13)18(12-4-9-15(27)16(28)10-12)26-20(22-11)24-21(25-26)31-3/h4-10,18,27-28H,1-3H3,(H,23,29)(H,22,24,25)/t18-/m0/s1. The number of anilines is 2. The van der Waals surface area contributed by atoms with Gasteiger partial charge in [0, 0.05) is 11.4 Å². The Hall–Kier alpha value is -3.66. The summed E-state index contributed by atoms with van der Waals surface area (Å²) in [6.07, 6.45) is 1.86. The van der Waals surface area contributed by atoms with Crippen LogP contribution < -0.4 is 15.4 Å². The van der Waals surface area contributed by atoms with E-state index in [1.165, 1.54) is 23.9 Å². The average Bonchev–Trinajstić information content (AvgIpc) is 3.18. The molecule has 0 bridgehead atoms. The smallest absolute Gasteiger partial charge is 0.255 e. The number of carbonyl (C=O) groups is 1. The highest BCUT2D eigenvalue weighted by Crippen LogP contribution is 2.39. The first-order valence-electron chi connectivity index (χ1n) is 9.37. The summed E-state index contributed by atoms with van der Waals surface area (Å²) in [5.74, 6) is 0.309. The average molecular weight is 439 g/mol. The quantitative estimate of drug-likeness (QED) is 0.353. The third-order valence-electron chi connectivity index (χ3n) is 4.92. The van der Waals surface area contributed by atoms with Gasteiger partial charge in [-0.15, -0.1) is 5.10 Å². The fourth-order valence-corrected chi connectivity index (χ4v) is 3.75. The molecule has 0 saturated heterocycles. The zero-order valence-electron chi connectivity index (χ0n) is 17.1. The molecule has 2 heterocycles. The van der Waals surface area contributed by atoms with Gasteiger partial charge in [-0.3, -0.25) is 4.79 Å². The van der Waals surface area contributed by atoms with Crippen LogP contribution in [0.15, 0.2) is 58.9 Å². The Labute approximate surface area is 182 Å². The summed E-state index contributed by atoms with van der Waals surface area (Å²) in [6, 6.07) is 10.8. The Bertz CT molecular complexity index is 1170. The molecule has 4 N–H and O–H groups in total. The number of nitrogens with zero attached hydrogens (tertiary/aromatic N) is 3. The minimum atomic E-state index is -0.658. The van der Waals surface area contributed by atoms with E-state index in [0.717, 1.165) is 0 Å². The van der Waals surface area contributed by atoms with E-state index in [-0.39, 0.29) is 17.4 Å². The van der Waals surface area contributed by atoms with Gasteiger partial charge in [-0.2, -0.15) is 4.98 Å². The summed E-state index contributed by atoms with van der Waals surface area (Å²) in [7, 11) is 1.58. The molecular weight excluding hydrogens is 418 g/mol. The third-order valence-corrected chi connectivity index (χ3v) is 5.46. The minimum absolute atomic E-state index is 0.244. The molecular formula is C21H21N5O4S. The summed E-state index contributed by atoms with van der Waals surface area (Å²) >= 11 is 1.38. The lowest BCUT2D eigenvalue weighted by Gasteiger charge is -2.28. The predicted molar refractivity (Wildman–Crippen MR) is 118 cm³/mol. The van der Waals surface area contributed by atoms with Crippen LogP contribution in [0.3, 0.4) is 0 Å². The van der Waals surface area contributed by atoms with Crippen LogP contribution in [0.2, 0.25) is 0 Å². The number of methoxy groups -OCH3 is 1. The number of hydrogen-bond donors (Lipinski definition) is 4. The topological polar surface area (TPSA) is 122 Å². The van der Waals surface area contributed by atoms with Gasteiger partial charge in [0.15, 0.2) is 11.5 Å². The number of thioether (sulfide) groups is 1. The maximum absolute atomic E-state index is 13.3. The van der Waals surface area contributed by atoms with Crippen molar-refractivity contribution in [2.45, 2.75) is 18.1 Å². The lowest BCUT2D eigenvalue weighted by atomic mass is 9.94. The van der Waals surface area contributed by atoms with Gasteiger partial charge in [0.05, 0.1) is 12.7 Å². The molecule has 0 saturated carbocycles. The van der Waals surface area contributed by atoms with Crippen LogP contribution in [0, 0.1) is 0 Å². The Morgan fingerprint density at radius 1 is 1.19 bits per heavy atom. The molecule has 1 aromatic heterocycles. The van der Waals surface area contributed by atoms with Crippen molar-refractivity contribution in [1.82, 2.24) is 14.8 Å². The number of hydrogen-bond acceptors (Lipinski definition) is 8. The Morgan fingerprint density at radius 2 is 1.94 bits per heavy atom. The van der Waals surface area contributed by atoms with Crippen LogP contribution in [0.25, 0.3) is 0 Å². The van der Waals surface area contributed by atoms with Crippen LogP contribution in [0.5, 0.6) is 17.2 Å². The van der Waals surface area contributed by atoms with Crippen molar-refractivity contribution in [3.63, 3.8) is 0 Å². The number of aromatic hydroxyl groups is 2. The molecule has 4 rings (SSSR count). The molecule has 10 heteroatoms. The van der Waals surface area contributed by atoms with Crippen molar-refractivity contribution in [1.29, 1.82) is 0 Å². The Morgan fingerprint density at radius 3 is 2.58 bits per heavy atom. The van der Waals surface area contributed by atoms with E-state index in [1.54, 1.807) is 49.0 Å². The number of aromatic nitrogens is 3. The molecule has 2 aromatic carbocycles. The van der Waals surface area contributed by atoms with E-state index in [9.17, 15) is 15.0 Å². The molecule has 0 aliphatic carbocycles. The zero-order chi connectivity index (χ0) is 22.1. The van der Waals surface area contributed by atoms with Crippen LogP contribution in [0.4, 0.5) is 11.6 Å². The van der Waals surface area contributed by atoms with Gasteiger partial charge in [-0.1, -0.05) is 17.8 Å². The van der Waals surface area contributed by atoms with Crippen LogP contribution in [-0.4, -0.2) is 44.3 Å². The molecule has 0 spiro atoms. The molecule has 160 valence electrons. The molecule has 31 heavy (non-hydrogen) atoms. The monoisotopic (exact) mass is 439 g/mol. The Balaban J connectivity index is 1.77. The van der Waals surface area contributed by atoms with Crippen molar-refractivity contribution in [3.8, 4) is 17.2 Å². The molecule has 0 fully saturated rings. The van der Waals surface area contributed by atoms with Crippen LogP contribution in [0.1, 0.15) is 18.5 Å². The van der Waals surface area contributed by atoms with E-state index in [4.69, 9.17) is 4.74 Å². The van der Waals surface area contributed by atoms with E-state index in [1.807, 2.05) is 6.26 Å². The maximum atomic E-state index is 13.3. The predicted octanol–water partition coefficient (Wildman–Crippen LogP) is 3.35. The SMILES string of the molecule is COc1ccc(NC(=O)C2=C(C)Nc3nc(SC)nn3[C@H]2c2ccc(O)c(O)c2)cc1. The summed E-state index contributed by atoms with van der Waals surface area (Å²) < 4.78 is 6.76. The largest absolute Gasteiger partial charge is 0.504 e. The molecule has 0 unspecified atom stereocenters. The number of rotatable bonds is 5. The van der Waals surface area contributed by atoms with Gasteiger partial charge in [-0.05, 0) is 55.1 Å². The van der Waals surface area contributed by atoms with Gasteiger partial charge in [-0.25, -0.2) is 4.68 Å². The highest BCUT2D eigenvalue weighted by atomic mass is 32.2. The van der Waals surface area contributed by atoms with Crippen LogP contribution in [-0.2, 0) is 4.79 Å². The number of benzene rings is 2. The van der Waals surface area contributed by atoms with Crippen molar-refractivity contribution in [2.75, 3.05) is 24.0 Å². The second-order valence-corrected chi connectivity index (χ2v) is 7.64. The number of allylic oxidation sites excluding steroid dienone is 1. The molecule has 0 radical (unpaired) electrons. The normalized spacial score (nSPS) is 15.3. The number of nitrogens with one attached hydrogen (secondary N) is 2. The maximum Gasteiger partial charge on any atom is 0.255 e. The lowest BCUT2D eigenvalue weighted by Crippen LogP contribution is -2.31. The van der Waals surface area contributed by atoms with Gasteiger partial charge < -0.3 is 25.6 Å². The Kier molecular flexibility index (Phi) is 5.47. The summed E-state index contributed by atoms with van der Waals surface area (Å²) in [5.41, 5.74) is 2.20. The van der Waals surface area contributed by atoms with Gasteiger partial charge in [0.2, 0.25) is 11.1 Å². The highest BCUT2D eigenvalue weighted by molar-refractivity contribution is 7.98. The summed E-state index contributed by atoms with van der Waals surface area (Å²) in [6.45, 7) is 1.78. The molecule has 3 aromatic rings. The van der Waals surface area contributed by atoms with Crippen LogP contribution >= 0.6 is 11.8 Å². The summed E-state index contributed by atoms with van der Waals surface area (Å²) in [4.78, 5) is 17.8. The molecule has 1 atom stereocenters. The first-order chi connectivity index (χ1) is 14.9. The van der Waals surface area contributed by atoms with Crippen molar-refractivity contribution < 1.29 is 19.7 Å². The summed E-state index contributed by atoms with van der Waals surface area (Å²) in [5, 5.41) is 30.9. The lowest BCUT2D eigenvalue weighted by molar-refractivity contribution is -0.113. The van der Waals surface area contributed by atoms with Crippen molar-refractivity contribution in [2.24, 2.45) is 0 Å². The zero-order valence-corrected chi connectivity index (χ0v) is 17.9. The van der Waals surface area contributed by atoms with E-state index in [2.05, 4.69) is 20.7 Å². The van der Waals surface area contributed by atoms with E-state index in [0.29, 0.717) is 39.4 Å². The first kappa shape index (κ1) is 20.6. The van der Waals surface area contributed by atoms with Crippen molar-refractivity contribution >= 4 is 29.3 Å². The molecule has 9 nitrogen and oxygen atoms in total. The second-order valence-electron chi connectivity index (χ2n) is 6.86. The van der Waals surface area contributed by atoms with Gasteiger partial charge >= 0.3 is 0 Å².